The molecule has 9 heterocycles. The van der Waals surface area contributed by atoms with Crippen molar-refractivity contribution in [1.29, 1.82) is 0 Å². The van der Waals surface area contributed by atoms with Crippen molar-refractivity contribution in [3.05, 3.63) is 241 Å². The van der Waals surface area contributed by atoms with Gasteiger partial charge in [-0.3, -0.25) is 43.8 Å². The van der Waals surface area contributed by atoms with Crippen LogP contribution in [0.3, 0.4) is 0 Å². The number of likely N-dealkylation sites (tertiary alicyclic amines) is 7. The molecular weight excluding hydrogens is 1600 g/mol. The molecule has 0 saturated carbocycles. The first-order valence-electron chi connectivity index (χ1n) is 43.4. The van der Waals surface area contributed by atoms with E-state index in [2.05, 4.69) is 297 Å². The van der Waals surface area contributed by atoms with Crippen LogP contribution in [0, 0.1) is 5.92 Å². The van der Waals surface area contributed by atoms with Crippen LogP contribution in [-0.4, -0.2) is 263 Å². The average molecular weight is 1750 g/mol. The van der Waals surface area contributed by atoms with Crippen LogP contribution in [0.4, 0.5) is 0 Å². The number of hydrogen-bond acceptors (Lipinski definition) is 18. The number of benzene rings is 6. The molecule has 3 N–H and O–H groups in total. The van der Waals surface area contributed by atoms with Gasteiger partial charge in [-0.1, -0.05) is 269 Å². The number of allylic oxidation sites excluding steroid dienone is 1. The summed E-state index contributed by atoms with van der Waals surface area (Å²) in [4.78, 5) is 53.9. The molecule has 19 nitrogen and oxygen atoms in total. The van der Waals surface area contributed by atoms with Crippen molar-refractivity contribution in [2.24, 2.45) is 5.92 Å². The van der Waals surface area contributed by atoms with Gasteiger partial charge in [-0.25, -0.2) is 8.42 Å². The molecule has 0 spiro atoms. The molecule has 1 amide bonds. The normalized spacial score (nSPS) is 17.8. The zero-order valence-corrected chi connectivity index (χ0v) is 82.6. The number of hydrogen-bond donors (Lipinski definition) is 3. The van der Waals surface area contributed by atoms with E-state index >= 15 is 0 Å². The second-order valence-corrected chi connectivity index (χ2v) is 34.5. The molecular formula is C95H145Cl2K2N11O8S. The molecule has 0 bridgehead atoms. The molecule has 0 radical (unpaired) electrons. The molecule has 6 aromatic carbocycles. The molecule has 0 aliphatic carbocycles. The van der Waals surface area contributed by atoms with E-state index in [4.69, 9.17) is 21.7 Å². The van der Waals surface area contributed by atoms with Crippen LogP contribution in [0.5, 0.6) is 0 Å². The van der Waals surface area contributed by atoms with Gasteiger partial charge in [0.05, 0.1) is 30.5 Å². The van der Waals surface area contributed by atoms with E-state index in [0.717, 1.165) is 56.5 Å². The predicted molar refractivity (Wildman–Crippen MR) is 485 cm³/mol. The van der Waals surface area contributed by atoms with Crippen LogP contribution in [-0.2, 0) is 28.3 Å². The van der Waals surface area contributed by atoms with E-state index < -0.39 is 14.3 Å². The molecule has 6 aromatic rings. The van der Waals surface area contributed by atoms with Gasteiger partial charge in [0, 0.05) is 94.3 Å². The van der Waals surface area contributed by atoms with Crippen molar-refractivity contribution in [1.82, 2.24) is 54.7 Å². The van der Waals surface area contributed by atoms with E-state index in [1.807, 2.05) is 17.0 Å². The Bertz CT molecular complexity index is 3380. The van der Waals surface area contributed by atoms with Crippen LogP contribution in [0.15, 0.2) is 207 Å². The summed E-state index contributed by atoms with van der Waals surface area (Å²) >= 11 is 4.71. The summed E-state index contributed by atoms with van der Waals surface area (Å²) in [5.74, 6) is 0.915. The van der Waals surface area contributed by atoms with Crippen molar-refractivity contribution >= 4 is 49.0 Å². The zero-order chi connectivity index (χ0) is 84.8. The fourth-order valence-corrected chi connectivity index (χ4v) is 15.8. The van der Waals surface area contributed by atoms with Crippen molar-refractivity contribution in [2.75, 3.05) is 163 Å². The molecule has 9 aliphatic rings. The Morgan fingerprint density at radius 3 is 0.916 bits per heavy atom. The fraction of sp³-hybridized carbons (Fsp3) is 0.547. The number of aliphatic hydroxyl groups excluding tert-OH is 1. The summed E-state index contributed by atoms with van der Waals surface area (Å²) in [5, 5.41) is 24.0. The Labute approximate surface area is 814 Å². The van der Waals surface area contributed by atoms with Crippen molar-refractivity contribution < 1.29 is 142 Å². The minimum Gasteiger partial charge on any atom is -1.00 e. The van der Waals surface area contributed by atoms with Gasteiger partial charge in [0.1, 0.15) is 0 Å². The first-order valence-corrected chi connectivity index (χ1v) is 46.5. The number of carbonyl (C=O) groups excluding carboxylic acids is 3. The predicted octanol–water partition coefficient (Wildman–Crippen LogP) is 8.57. The Hall–Kier alpha value is -3.27. The summed E-state index contributed by atoms with van der Waals surface area (Å²) in [6.45, 7) is 49.8. The number of amides is 1. The zero-order valence-electron chi connectivity index (χ0n) is 75.0. The number of aliphatic hydroxyl groups is 1. The van der Waals surface area contributed by atoms with Gasteiger partial charge in [-0.05, 0) is 206 Å². The molecule has 24 heteroatoms. The number of halogens is 2. The summed E-state index contributed by atoms with van der Waals surface area (Å²) in [6.07, 6.45) is 20.0. The largest absolute Gasteiger partial charge is 1.00 e. The fourth-order valence-electron chi connectivity index (χ4n) is 15.8. The van der Waals surface area contributed by atoms with Crippen LogP contribution in [0.2, 0.25) is 0 Å². The number of carbonyl (C=O) groups is 3. The third kappa shape index (κ3) is 44.1. The van der Waals surface area contributed by atoms with Crippen LogP contribution in [0.1, 0.15) is 178 Å². The molecule has 0 aromatic heterocycles. The maximum absolute atomic E-state index is 11.2. The molecule has 650 valence electrons. The van der Waals surface area contributed by atoms with Crippen LogP contribution < -0.4 is 119 Å². The topological polar surface area (TPSA) is 191 Å². The van der Waals surface area contributed by atoms with Gasteiger partial charge < -0.3 is 42.0 Å². The molecule has 9 saturated heterocycles. The van der Waals surface area contributed by atoms with E-state index in [9.17, 15) is 23.1 Å². The first kappa shape index (κ1) is 110. The van der Waals surface area contributed by atoms with Gasteiger partial charge >= 0.3 is 103 Å². The Morgan fingerprint density at radius 1 is 0.471 bits per heavy atom. The van der Waals surface area contributed by atoms with Gasteiger partial charge in [0.2, 0.25) is 20.2 Å². The second kappa shape index (κ2) is 66.2. The monoisotopic (exact) mass is 1750 g/mol. The second-order valence-electron chi connectivity index (χ2n) is 31.1. The number of β-amino-alcohol motifs (C(OH)–C–C–N with tert-alkyl or cyclic N) is 1. The van der Waals surface area contributed by atoms with Crippen molar-refractivity contribution in [3.63, 3.8) is 0 Å². The van der Waals surface area contributed by atoms with Crippen LogP contribution in [0.25, 0.3) is 0 Å². The Kier molecular flexibility index (Phi) is 61.1. The maximum atomic E-state index is 11.2. The van der Waals surface area contributed by atoms with Crippen LogP contribution >= 0.6 is 22.3 Å². The van der Waals surface area contributed by atoms with E-state index in [1.54, 1.807) is 0 Å². The number of nitrogens with zero attached hydrogens (tertiary/aromatic N) is 9. The summed E-state index contributed by atoms with van der Waals surface area (Å²) in [7, 11) is 1.31. The van der Waals surface area contributed by atoms with Gasteiger partial charge in [0.15, 0.2) is 0 Å². The van der Waals surface area contributed by atoms with Gasteiger partial charge in [-0.15, -0.1) is 0 Å². The van der Waals surface area contributed by atoms with E-state index in [-0.39, 0.29) is 129 Å². The third-order valence-electron chi connectivity index (χ3n) is 22.6. The maximum Gasteiger partial charge on any atom is 1.00 e. The number of piperidine rings is 4. The summed E-state index contributed by atoms with van der Waals surface area (Å²) < 4.78 is 18.8. The number of nitrogens with one attached hydrogen (secondary N) is 2. The smallest absolute Gasteiger partial charge is 1.00 e. The molecule has 0 atom stereocenters. The average Bonchev–Trinajstić information content (AvgIpc) is 0.787. The molecule has 9 fully saturated rings. The Balaban J connectivity index is 0.000000466. The quantitative estimate of drug-likeness (QED) is 0.0155. The number of rotatable bonds is 21. The van der Waals surface area contributed by atoms with Crippen molar-refractivity contribution in [2.45, 2.75) is 168 Å². The molecule has 15 rings (SSSR count). The summed E-state index contributed by atoms with van der Waals surface area (Å²) in [5.41, 5.74) is 8.20. The van der Waals surface area contributed by atoms with E-state index in [1.165, 1.54) is 247 Å². The third-order valence-corrected chi connectivity index (χ3v) is 22.7. The SMILES string of the molecule is C1CCN(C2CNC2)CC1.C1CCNCC1.C=CC(=O)Cl.C=CC(=O)N1CC(N2CCCCC2)C1.CC1CN(C(c2ccccc2)c2ccccc2)C1.CCN(CC)CC.CCN(CC)CC.CS(=O)(=O)Cl.O=CO[O-].OC1CN(C(c2ccccc2)c2ccccc2)C1.[H-].[K+].[K+].c1ccc(C(c2ccccc2)N2CC(N3CCCCC3)C2)cc1. The summed E-state index contributed by atoms with van der Waals surface area (Å²) in [6, 6.07) is 67.9. The molecule has 119 heavy (non-hydrogen) atoms. The molecule has 9 aliphatic heterocycles. The minimum atomic E-state index is -3.19. The van der Waals surface area contributed by atoms with Gasteiger partial charge in [-0.2, -0.15) is 0 Å². The van der Waals surface area contributed by atoms with Crippen molar-refractivity contribution in [3.8, 4) is 0 Å². The minimum absolute atomic E-state index is 0. The molecule has 0 unspecified atom stereocenters. The first-order chi connectivity index (χ1) is 56.8. The van der Waals surface area contributed by atoms with Gasteiger partial charge in [0.25, 0.3) is 6.47 Å². The standard InChI is InChI=1S/C21H26N2.C17H19N.C16H17NO.C11H18N2O.C8H16N2.2C6H15N.C5H11N.C3H3ClO.CH3ClO2S.CH2O3.2K.H/c1-4-10-18(11-5-1)21(19-12-6-2-7-13-19)23-16-20(17-23)22-14-8-3-9-15-22;1-14-12-18(13-14)17(15-8-4-2-5-9-15)16-10-6-3-7-11-16;18-15-11-17(12-15)16(13-7-3-1-4-8-13)14-9-5-2-6-10-14;1-2-11(14)13-8-10(9-13)12-6-4-3-5-7-12;1-2-4-10(5-3-1)8-6-9-7-8;2*1-4-7(5-2)6-3;1-2-4-6-5-3-1;1-2-3(4)5;1-5(2,3)4;2-1-4-3;;;/h1-2,4-7,10-13,20-21H,3,8-9,14-17H2;2-11,14,17H,12-13H2,1H3;1-10,15-16,18H,11-12H2;2,10H,1,3-9H2;8-9H,1-7H2;2*4-6H2,1-3H3;6H,1-5H2;2H,1H2;1H3;1,3H;;;/q;;;;;;;;;;;2*+1;-1/p-1. The van der Waals surface area contributed by atoms with E-state index in [0.29, 0.717) is 18.1 Å². The Morgan fingerprint density at radius 2 is 0.723 bits per heavy atom.